The summed E-state index contributed by atoms with van der Waals surface area (Å²) in [6, 6.07) is 14.5. The highest BCUT2D eigenvalue weighted by molar-refractivity contribution is 7.99. The van der Waals surface area contributed by atoms with Gasteiger partial charge in [-0.1, -0.05) is 0 Å². The molecule has 0 spiro atoms. The van der Waals surface area contributed by atoms with Gasteiger partial charge in [-0.3, -0.25) is 4.79 Å². The summed E-state index contributed by atoms with van der Waals surface area (Å²) < 4.78 is 21.8. The number of carbonyl (C=O) groups is 1. The Kier molecular flexibility index (Phi) is 6.44. The summed E-state index contributed by atoms with van der Waals surface area (Å²) in [5, 5.41) is 6.03. The Morgan fingerprint density at radius 3 is 2.60 bits per heavy atom. The fourth-order valence-electron chi connectivity index (χ4n) is 3.15. The third-order valence-electron chi connectivity index (χ3n) is 4.62. The van der Waals surface area contributed by atoms with Gasteiger partial charge in [-0.05, 0) is 48.5 Å². The second kappa shape index (κ2) is 9.58. The molecule has 3 heterocycles. The van der Waals surface area contributed by atoms with Crippen LogP contribution in [0.15, 0.2) is 75.0 Å². The molecule has 7 nitrogen and oxygen atoms in total. The van der Waals surface area contributed by atoms with Gasteiger partial charge in [-0.15, -0.1) is 11.8 Å². The lowest BCUT2D eigenvalue weighted by atomic mass is 10.1. The van der Waals surface area contributed by atoms with Crippen LogP contribution in [0.5, 0.6) is 11.5 Å². The summed E-state index contributed by atoms with van der Waals surface area (Å²) in [4.78, 5) is 12.8. The van der Waals surface area contributed by atoms with E-state index in [2.05, 4.69) is 5.10 Å². The number of carbonyl (C=O) groups excluding carboxylic acids is 1. The third-order valence-corrected chi connectivity index (χ3v) is 5.53. The Balaban J connectivity index is 1.30. The average Bonchev–Trinajstić information content (AvgIpc) is 3.54. The molecule has 1 aromatic carbocycles. The highest BCUT2D eigenvalue weighted by Gasteiger charge is 2.35. The molecule has 0 saturated heterocycles. The number of ether oxygens (including phenoxy) is 2. The maximum Gasteiger partial charge on any atom is 0.253 e. The van der Waals surface area contributed by atoms with E-state index in [9.17, 15) is 4.79 Å². The Morgan fingerprint density at radius 2 is 1.90 bits per heavy atom. The van der Waals surface area contributed by atoms with Crippen molar-refractivity contribution in [1.82, 2.24) is 5.01 Å². The van der Waals surface area contributed by atoms with Gasteiger partial charge in [-0.2, -0.15) is 5.10 Å². The summed E-state index contributed by atoms with van der Waals surface area (Å²) in [7, 11) is 1.63. The zero-order valence-electron chi connectivity index (χ0n) is 16.5. The summed E-state index contributed by atoms with van der Waals surface area (Å²) in [5.41, 5.74) is 0.739. The molecule has 30 heavy (non-hydrogen) atoms. The lowest BCUT2D eigenvalue weighted by Crippen LogP contribution is -2.28. The van der Waals surface area contributed by atoms with Gasteiger partial charge in [0, 0.05) is 12.2 Å². The minimum Gasteiger partial charge on any atom is -0.497 e. The molecule has 1 aliphatic heterocycles. The van der Waals surface area contributed by atoms with E-state index in [0.717, 1.165) is 17.2 Å². The van der Waals surface area contributed by atoms with Gasteiger partial charge in [0.1, 0.15) is 34.8 Å². The topological polar surface area (TPSA) is 77.4 Å². The minimum absolute atomic E-state index is 0.0765. The molecule has 1 aliphatic rings. The second-order valence-corrected chi connectivity index (χ2v) is 7.68. The van der Waals surface area contributed by atoms with Crippen LogP contribution in [0.4, 0.5) is 0 Å². The molecule has 0 fully saturated rings. The Labute approximate surface area is 178 Å². The molecule has 1 atom stereocenters. The zero-order valence-corrected chi connectivity index (χ0v) is 17.3. The number of hydrogen-bond donors (Lipinski definition) is 0. The number of furan rings is 2. The van der Waals surface area contributed by atoms with Crippen LogP contribution >= 0.6 is 11.8 Å². The normalized spacial score (nSPS) is 15.8. The fourth-order valence-corrected chi connectivity index (χ4v) is 3.80. The van der Waals surface area contributed by atoms with E-state index in [0.29, 0.717) is 36.1 Å². The van der Waals surface area contributed by atoms with Crippen molar-refractivity contribution in [1.29, 1.82) is 0 Å². The van der Waals surface area contributed by atoms with Crippen LogP contribution in [-0.4, -0.2) is 41.9 Å². The molecule has 0 saturated carbocycles. The highest BCUT2D eigenvalue weighted by atomic mass is 32.2. The van der Waals surface area contributed by atoms with Crippen LogP contribution < -0.4 is 9.47 Å². The van der Waals surface area contributed by atoms with Gasteiger partial charge < -0.3 is 18.3 Å². The van der Waals surface area contributed by atoms with E-state index >= 15 is 0 Å². The van der Waals surface area contributed by atoms with Crippen molar-refractivity contribution in [2.75, 3.05) is 25.2 Å². The molecule has 1 unspecified atom stereocenters. The quantitative estimate of drug-likeness (QED) is 0.473. The zero-order chi connectivity index (χ0) is 20.8. The highest BCUT2D eigenvalue weighted by Crippen LogP contribution is 2.33. The number of nitrogens with zero attached hydrogens (tertiary/aromatic N) is 2. The summed E-state index contributed by atoms with van der Waals surface area (Å²) >= 11 is 1.51. The van der Waals surface area contributed by atoms with Crippen molar-refractivity contribution in [2.45, 2.75) is 12.5 Å². The van der Waals surface area contributed by atoms with Gasteiger partial charge in [0.2, 0.25) is 0 Å². The van der Waals surface area contributed by atoms with E-state index in [4.69, 9.17) is 18.3 Å². The molecule has 4 rings (SSSR count). The molecule has 156 valence electrons. The van der Waals surface area contributed by atoms with Crippen molar-refractivity contribution in [3.05, 3.63) is 72.6 Å². The first-order chi connectivity index (χ1) is 14.7. The fraction of sp³-hybridized carbons (Fsp3) is 0.273. The molecular formula is C22H22N2O5S. The lowest BCUT2D eigenvalue weighted by molar-refractivity contribution is -0.130. The van der Waals surface area contributed by atoms with E-state index < -0.39 is 0 Å². The Hall–Kier alpha value is -3.13. The van der Waals surface area contributed by atoms with Crippen molar-refractivity contribution in [3.63, 3.8) is 0 Å². The molecule has 3 aromatic rings. The monoisotopic (exact) mass is 426 g/mol. The van der Waals surface area contributed by atoms with Crippen LogP contribution in [0.2, 0.25) is 0 Å². The molecule has 8 heteroatoms. The first-order valence-corrected chi connectivity index (χ1v) is 10.7. The van der Waals surface area contributed by atoms with E-state index in [-0.39, 0.29) is 11.9 Å². The summed E-state index contributed by atoms with van der Waals surface area (Å²) in [5.74, 6) is 3.85. The molecule has 0 N–H and O–H groups in total. The van der Waals surface area contributed by atoms with Crippen LogP contribution in [0, 0.1) is 0 Å². The van der Waals surface area contributed by atoms with E-state index in [1.165, 1.54) is 16.8 Å². The van der Waals surface area contributed by atoms with Crippen molar-refractivity contribution in [2.24, 2.45) is 5.10 Å². The average molecular weight is 426 g/mol. The lowest BCUT2D eigenvalue weighted by Gasteiger charge is -2.19. The molecule has 1 amide bonds. The van der Waals surface area contributed by atoms with Gasteiger partial charge in [0.25, 0.3) is 5.91 Å². The van der Waals surface area contributed by atoms with Crippen LogP contribution in [0.3, 0.4) is 0 Å². The van der Waals surface area contributed by atoms with Gasteiger partial charge in [0.05, 0.1) is 32.0 Å². The SMILES string of the molecule is COc1ccc(OCCSCC(=O)N2N=C(c3ccco3)CC2c2ccco2)cc1. The predicted octanol–water partition coefficient (Wildman–Crippen LogP) is 4.37. The number of hydrazone groups is 1. The van der Waals surface area contributed by atoms with Crippen LogP contribution in [0.1, 0.15) is 24.0 Å². The summed E-state index contributed by atoms with van der Waals surface area (Å²) in [6.07, 6.45) is 3.76. The van der Waals surface area contributed by atoms with Crippen molar-refractivity contribution < 1.29 is 23.1 Å². The van der Waals surface area contributed by atoms with Gasteiger partial charge >= 0.3 is 0 Å². The number of hydrogen-bond acceptors (Lipinski definition) is 7. The molecular weight excluding hydrogens is 404 g/mol. The van der Waals surface area contributed by atoms with Gasteiger partial charge in [0.15, 0.2) is 0 Å². The minimum atomic E-state index is -0.260. The number of benzene rings is 1. The van der Waals surface area contributed by atoms with Crippen LogP contribution in [0.25, 0.3) is 0 Å². The van der Waals surface area contributed by atoms with E-state index in [1.807, 2.05) is 48.5 Å². The second-order valence-electron chi connectivity index (χ2n) is 6.57. The number of amides is 1. The largest absolute Gasteiger partial charge is 0.497 e. The first kappa shape index (κ1) is 20.2. The number of rotatable bonds is 9. The van der Waals surface area contributed by atoms with Crippen LogP contribution in [-0.2, 0) is 4.79 Å². The Bertz CT molecular complexity index is 968. The third kappa shape index (κ3) is 4.71. The Morgan fingerprint density at radius 1 is 1.13 bits per heavy atom. The number of thioether (sulfide) groups is 1. The molecule has 0 radical (unpaired) electrons. The van der Waals surface area contributed by atoms with E-state index in [1.54, 1.807) is 19.6 Å². The molecule has 0 aliphatic carbocycles. The maximum absolute atomic E-state index is 12.8. The molecule has 0 bridgehead atoms. The van der Waals surface area contributed by atoms with Crippen molar-refractivity contribution in [3.8, 4) is 11.5 Å². The standard InChI is InChI=1S/C22H22N2O5S/c1-26-16-6-8-17(9-7-16)27-12-13-30-15-22(25)24-19(21-5-3-11-29-21)14-18(23-24)20-4-2-10-28-20/h2-11,19H,12-15H2,1H3. The maximum atomic E-state index is 12.8. The number of methoxy groups -OCH3 is 1. The first-order valence-electron chi connectivity index (χ1n) is 9.56. The molecule has 2 aromatic heterocycles. The smallest absolute Gasteiger partial charge is 0.253 e. The summed E-state index contributed by atoms with van der Waals surface area (Å²) in [6.45, 7) is 0.507. The van der Waals surface area contributed by atoms with Gasteiger partial charge in [-0.25, -0.2) is 5.01 Å². The van der Waals surface area contributed by atoms with Crippen molar-refractivity contribution >= 4 is 23.4 Å². The predicted molar refractivity (Wildman–Crippen MR) is 114 cm³/mol.